The third kappa shape index (κ3) is 3.42. The van der Waals surface area contributed by atoms with Crippen LogP contribution in [-0.2, 0) is 4.79 Å². The first-order valence-corrected chi connectivity index (χ1v) is 5.67. The van der Waals surface area contributed by atoms with Crippen LogP contribution in [0.25, 0.3) is 0 Å². The van der Waals surface area contributed by atoms with E-state index in [0.717, 1.165) is 0 Å². The predicted octanol–water partition coefficient (Wildman–Crippen LogP) is 0.730. The normalized spacial score (nSPS) is 11.9. The van der Waals surface area contributed by atoms with Gasteiger partial charge in [0.2, 0.25) is 0 Å². The molecule has 0 aliphatic rings. The zero-order valence-electron chi connectivity index (χ0n) is 8.99. The first-order chi connectivity index (χ1) is 7.95. The summed E-state index contributed by atoms with van der Waals surface area (Å²) in [5.74, 6) is -1.64. The highest BCUT2D eigenvalue weighted by atomic mass is 79.9. The first-order valence-electron chi connectivity index (χ1n) is 4.87. The lowest BCUT2D eigenvalue weighted by Gasteiger charge is -2.11. The topological polar surface area (TPSA) is 99.3 Å². The molecule has 7 heteroatoms. The number of hydrogen-bond acceptors (Lipinski definition) is 3. The van der Waals surface area contributed by atoms with E-state index in [1.54, 1.807) is 6.92 Å². The van der Waals surface area contributed by atoms with E-state index in [0.29, 0.717) is 0 Å². The second-order valence-corrected chi connectivity index (χ2v) is 4.19. The Balaban J connectivity index is 2.86. The summed E-state index contributed by atoms with van der Waals surface area (Å²) >= 11 is 2.99. The van der Waals surface area contributed by atoms with Crippen molar-refractivity contribution < 1.29 is 14.7 Å². The molecule has 0 aliphatic heterocycles. The van der Waals surface area contributed by atoms with E-state index in [-0.39, 0.29) is 22.0 Å². The third-order valence-electron chi connectivity index (χ3n) is 2.13. The summed E-state index contributed by atoms with van der Waals surface area (Å²) in [7, 11) is 0. The number of carbonyl (C=O) groups excluding carboxylic acids is 1. The first kappa shape index (κ1) is 13.4. The number of carboxylic acid groups (broad SMARTS) is 1. The van der Waals surface area contributed by atoms with E-state index in [1.807, 2.05) is 0 Å². The second kappa shape index (κ2) is 5.62. The van der Waals surface area contributed by atoms with Crippen molar-refractivity contribution in [2.24, 2.45) is 0 Å². The molecule has 1 atom stereocenters. The van der Waals surface area contributed by atoms with E-state index < -0.39 is 17.9 Å². The summed E-state index contributed by atoms with van der Waals surface area (Å²) in [5, 5.41) is 11.1. The molecule has 3 N–H and O–H groups in total. The number of aromatic amines is 1. The lowest BCUT2D eigenvalue weighted by atomic mass is 10.2. The van der Waals surface area contributed by atoms with Crippen molar-refractivity contribution in [3.05, 3.63) is 32.7 Å². The van der Waals surface area contributed by atoms with Gasteiger partial charge in [-0.2, -0.15) is 0 Å². The Kier molecular flexibility index (Phi) is 4.45. The van der Waals surface area contributed by atoms with Gasteiger partial charge >= 0.3 is 5.97 Å². The van der Waals surface area contributed by atoms with Gasteiger partial charge in [0.1, 0.15) is 6.04 Å². The Morgan fingerprint density at radius 3 is 2.71 bits per heavy atom. The standard InChI is InChI=1S/C10H11BrN2O4/c1-2-7(10(16)17)13-8(14)5-3-6(11)9(15)12-4-5/h3-4,7H,2H2,1H3,(H,12,15)(H,13,14)(H,16,17). The van der Waals surface area contributed by atoms with Crippen LogP contribution >= 0.6 is 15.9 Å². The van der Waals surface area contributed by atoms with E-state index in [2.05, 4.69) is 26.2 Å². The van der Waals surface area contributed by atoms with Crippen molar-refractivity contribution in [1.29, 1.82) is 0 Å². The van der Waals surface area contributed by atoms with Crippen molar-refractivity contribution in [2.45, 2.75) is 19.4 Å². The Hall–Kier alpha value is -1.63. The number of H-pyrrole nitrogens is 1. The Morgan fingerprint density at radius 1 is 1.59 bits per heavy atom. The number of aliphatic carboxylic acids is 1. The van der Waals surface area contributed by atoms with Crippen LogP contribution in [0.3, 0.4) is 0 Å². The highest BCUT2D eigenvalue weighted by molar-refractivity contribution is 9.10. The smallest absolute Gasteiger partial charge is 0.326 e. The highest BCUT2D eigenvalue weighted by Gasteiger charge is 2.18. The average molecular weight is 303 g/mol. The molecule has 0 spiro atoms. The van der Waals surface area contributed by atoms with Crippen LogP contribution in [0.2, 0.25) is 0 Å². The number of hydrogen-bond donors (Lipinski definition) is 3. The van der Waals surface area contributed by atoms with Crippen molar-refractivity contribution in [3.8, 4) is 0 Å². The predicted molar refractivity (Wildman–Crippen MR) is 63.9 cm³/mol. The minimum absolute atomic E-state index is 0.191. The van der Waals surface area contributed by atoms with Gasteiger partial charge < -0.3 is 15.4 Å². The summed E-state index contributed by atoms with van der Waals surface area (Å²) in [6.07, 6.45) is 1.52. The van der Waals surface area contributed by atoms with Gasteiger partial charge in [-0.05, 0) is 28.4 Å². The molecule has 1 aromatic heterocycles. The molecule has 1 heterocycles. The molecule has 0 fully saturated rings. The van der Waals surface area contributed by atoms with Crippen molar-refractivity contribution in [2.75, 3.05) is 0 Å². The SMILES string of the molecule is CCC(NC(=O)c1c[nH]c(=O)c(Br)c1)C(=O)O. The zero-order valence-corrected chi connectivity index (χ0v) is 10.6. The minimum Gasteiger partial charge on any atom is -0.480 e. The molecule has 0 saturated carbocycles. The number of nitrogens with one attached hydrogen (secondary N) is 2. The number of rotatable bonds is 4. The van der Waals surface area contributed by atoms with Crippen LogP contribution < -0.4 is 10.9 Å². The quantitative estimate of drug-likeness (QED) is 0.763. The van der Waals surface area contributed by atoms with Crippen molar-refractivity contribution in [3.63, 3.8) is 0 Å². The molecule has 17 heavy (non-hydrogen) atoms. The second-order valence-electron chi connectivity index (χ2n) is 3.34. The third-order valence-corrected chi connectivity index (χ3v) is 2.72. The zero-order chi connectivity index (χ0) is 13.0. The molecule has 1 amide bonds. The molecule has 0 radical (unpaired) electrons. The van der Waals surface area contributed by atoms with Gasteiger partial charge in [-0.3, -0.25) is 9.59 Å². The van der Waals surface area contributed by atoms with Gasteiger partial charge in [-0.1, -0.05) is 6.92 Å². The van der Waals surface area contributed by atoms with E-state index in [1.165, 1.54) is 12.3 Å². The van der Waals surface area contributed by atoms with Gasteiger partial charge in [-0.15, -0.1) is 0 Å². The average Bonchev–Trinajstić information content (AvgIpc) is 2.28. The van der Waals surface area contributed by atoms with Crippen LogP contribution in [0.4, 0.5) is 0 Å². The number of amides is 1. The number of halogens is 1. The Bertz CT molecular complexity index is 497. The molecule has 1 unspecified atom stereocenters. The maximum Gasteiger partial charge on any atom is 0.326 e. The summed E-state index contributed by atoms with van der Waals surface area (Å²) in [4.78, 5) is 35.8. The fourth-order valence-electron chi connectivity index (χ4n) is 1.17. The van der Waals surface area contributed by atoms with Crippen molar-refractivity contribution in [1.82, 2.24) is 10.3 Å². The van der Waals surface area contributed by atoms with Crippen LogP contribution in [0.15, 0.2) is 21.5 Å². The minimum atomic E-state index is -1.09. The van der Waals surface area contributed by atoms with Gasteiger partial charge in [0, 0.05) is 6.20 Å². The van der Waals surface area contributed by atoms with Gasteiger partial charge in [0.25, 0.3) is 11.5 Å². The molecule has 1 rings (SSSR count). The Morgan fingerprint density at radius 2 is 2.24 bits per heavy atom. The Labute approximate surface area is 105 Å². The van der Waals surface area contributed by atoms with Crippen LogP contribution in [0.1, 0.15) is 23.7 Å². The van der Waals surface area contributed by atoms with Crippen LogP contribution in [0.5, 0.6) is 0 Å². The number of carboxylic acids is 1. The fraction of sp³-hybridized carbons (Fsp3) is 0.300. The lowest BCUT2D eigenvalue weighted by Crippen LogP contribution is -2.40. The van der Waals surface area contributed by atoms with E-state index >= 15 is 0 Å². The maximum absolute atomic E-state index is 11.7. The number of carbonyl (C=O) groups is 2. The van der Waals surface area contributed by atoms with Crippen LogP contribution in [0, 0.1) is 0 Å². The fourth-order valence-corrected chi connectivity index (χ4v) is 1.53. The molecule has 1 aromatic rings. The largest absolute Gasteiger partial charge is 0.480 e. The van der Waals surface area contributed by atoms with Gasteiger partial charge in [0.05, 0.1) is 10.0 Å². The van der Waals surface area contributed by atoms with Gasteiger partial charge in [0.15, 0.2) is 0 Å². The summed E-state index contributed by atoms with van der Waals surface area (Å²) in [6.45, 7) is 1.65. The number of aromatic nitrogens is 1. The maximum atomic E-state index is 11.7. The summed E-state index contributed by atoms with van der Waals surface area (Å²) in [6, 6.07) is 0.399. The summed E-state index contributed by atoms with van der Waals surface area (Å²) in [5.41, 5.74) is -0.164. The van der Waals surface area contributed by atoms with Crippen molar-refractivity contribution >= 4 is 27.8 Å². The monoisotopic (exact) mass is 302 g/mol. The molecular weight excluding hydrogens is 292 g/mol. The van der Waals surface area contributed by atoms with Crippen LogP contribution in [-0.4, -0.2) is 28.0 Å². The molecule has 0 bridgehead atoms. The lowest BCUT2D eigenvalue weighted by molar-refractivity contribution is -0.139. The van der Waals surface area contributed by atoms with Gasteiger partial charge in [-0.25, -0.2) is 4.79 Å². The molecule has 0 aliphatic carbocycles. The highest BCUT2D eigenvalue weighted by Crippen LogP contribution is 2.05. The van der Waals surface area contributed by atoms with E-state index in [9.17, 15) is 14.4 Å². The number of pyridine rings is 1. The molecule has 6 nitrogen and oxygen atoms in total. The summed E-state index contributed by atoms with van der Waals surface area (Å²) < 4.78 is 0.216. The molecule has 92 valence electrons. The molecular formula is C10H11BrN2O4. The molecule has 0 aromatic carbocycles. The molecule has 0 saturated heterocycles. The van der Waals surface area contributed by atoms with E-state index in [4.69, 9.17) is 5.11 Å².